The van der Waals surface area contributed by atoms with Crippen LogP contribution in [0.4, 0.5) is 5.69 Å². The Labute approximate surface area is 186 Å². The molecule has 31 heavy (non-hydrogen) atoms. The van der Waals surface area contributed by atoms with Crippen molar-refractivity contribution < 1.29 is 14.3 Å². The fraction of sp³-hybridized carbons (Fsp3) is 0.200. The zero-order valence-corrected chi connectivity index (χ0v) is 17.9. The number of rotatable bonds is 7. The summed E-state index contributed by atoms with van der Waals surface area (Å²) in [6.07, 6.45) is 0.403. The summed E-state index contributed by atoms with van der Waals surface area (Å²) >= 11 is 6.30. The van der Waals surface area contributed by atoms with Gasteiger partial charge in [0, 0.05) is 30.8 Å². The lowest BCUT2D eigenvalue weighted by Gasteiger charge is -2.28. The minimum atomic E-state index is -0.233. The van der Waals surface area contributed by atoms with Crippen LogP contribution in [-0.4, -0.2) is 30.9 Å². The van der Waals surface area contributed by atoms with E-state index >= 15 is 0 Å². The number of nitrogens with one attached hydrogen (secondary N) is 2. The van der Waals surface area contributed by atoms with E-state index in [0.29, 0.717) is 22.0 Å². The van der Waals surface area contributed by atoms with Crippen LogP contribution in [0.5, 0.6) is 5.75 Å². The number of benzene rings is 3. The first-order valence-corrected chi connectivity index (χ1v) is 10.5. The van der Waals surface area contributed by atoms with E-state index in [4.69, 9.17) is 16.3 Å². The Morgan fingerprint density at radius 2 is 1.81 bits per heavy atom. The highest BCUT2D eigenvalue weighted by Gasteiger charge is 2.20. The van der Waals surface area contributed by atoms with Gasteiger partial charge >= 0.3 is 0 Å². The van der Waals surface area contributed by atoms with Crippen LogP contribution >= 0.6 is 11.6 Å². The highest BCUT2D eigenvalue weighted by atomic mass is 35.5. The van der Waals surface area contributed by atoms with Gasteiger partial charge in [-0.25, -0.2) is 0 Å². The minimum absolute atomic E-state index is 0.0436. The molecule has 0 bridgehead atoms. The van der Waals surface area contributed by atoms with Gasteiger partial charge in [-0.2, -0.15) is 0 Å². The van der Waals surface area contributed by atoms with Gasteiger partial charge in [0.25, 0.3) is 5.91 Å². The molecule has 0 spiro atoms. The first-order valence-electron chi connectivity index (χ1n) is 10.2. The zero-order chi connectivity index (χ0) is 21.8. The molecule has 5 nitrogen and oxygen atoms in total. The predicted octanol–water partition coefficient (Wildman–Crippen LogP) is 4.74. The molecule has 1 saturated heterocycles. The molecule has 1 aliphatic rings. The van der Waals surface area contributed by atoms with E-state index < -0.39 is 0 Å². The number of ether oxygens (including phenoxy) is 1. The number of anilines is 1. The summed E-state index contributed by atoms with van der Waals surface area (Å²) in [5.74, 6) is 0.449. The van der Waals surface area contributed by atoms with Crippen molar-refractivity contribution in [1.82, 2.24) is 5.32 Å². The quantitative estimate of drug-likeness (QED) is 0.563. The summed E-state index contributed by atoms with van der Waals surface area (Å²) in [5.41, 5.74) is 3.76. The first-order chi connectivity index (χ1) is 15.0. The Morgan fingerprint density at radius 3 is 2.55 bits per heavy atom. The standard InChI is InChI=1S/C25H23ClN2O3/c1-16(29)11-19-5-2-3-8-23(19)28-25(30)20-7-4-6-17(12-20)18-9-10-22(26)24(13-18)31-21-14-27-15-21/h2-10,12-13,21,27H,11,14-15H2,1H3,(H,28,30). The van der Waals surface area contributed by atoms with Gasteiger partial charge in [0.2, 0.25) is 0 Å². The largest absolute Gasteiger partial charge is 0.486 e. The lowest BCUT2D eigenvalue weighted by molar-refractivity contribution is -0.116. The third kappa shape index (κ3) is 5.13. The molecule has 0 unspecified atom stereocenters. The Bertz CT molecular complexity index is 1130. The topological polar surface area (TPSA) is 67.4 Å². The predicted molar refractivity (Wildman–Crippen MR) is 123 cm³/mol. The molecule has 0 aliphatic carbocycles. The highest BCUT2D eigenvalue weighted by molar-refractivity contribution is 6.32. The molecule has 0 radical (unpaired) electrons. The van der Waals surface area contributed by atoms with Crippen LogP contribution in [-0.2, 0) is 11.2 Å². The van der Waals surface area contributed by atoms with Gasteiger partial charge in [-0.3, -0.25) is 9.59 Å². The normalized spacial score (nSPS) is 13.4. The first kappa shape index (κ1) is 21.1. The molecule has 0 aromatic heterocycles. The van der Waals surface area contributed by atoms with Crippen molar-refractivity contribution in [3.8, 4) is 16.9 Å². The molecule has 4 rings (SSSR count). The van der Waals surface area contributed by atoms with Crippen LogP contribution in [0, 0.1) is 0 Å². The van der Waals surface area contributed by atoms with Crippen molar-refractivity contribution >= 4 is 29.0 Å². The monoisotopic (exact) mass is 434 g/mol. The molecular weight excluding hydrogens is 412 g/mol. The third-order valence-electron chi connectivity index (χ3n) is 5.13. The van der Waals surface area contributed by atoms with Gasteiger partial charge in [0.05, 0.1) is 5.02 Å². The van der Waals surface area contributed by atoms with Crippen LogP contribution in [0.15, 0.2) is 66.7 Å². The van der Waals surface area contributed by atoms with E-state index in [0.717, 1.165) is 29.8 Å². The Kier molecular flexibility index (Phi) is 6.35. The maximum atomic E-state index is 12.9. The van der Waals surface area contributed by atoms with Crippen molar-refractivity contribution in [2.24, 2.45) is 0 Å². The molecule has 1 amide bonds. The average molecular weight is 435 g/mol. The molecular formula is C25H23ClN2O3. The van der Waals surface area contributed by atoms with Gasteiger partial charge in [0.15, 0.2) is 0 Å². The second-order valence-corrected chi connectivity index (χ2v) is 8.02. The van der Waals surface area contributed by atoms with Crippen LogP contribution in [0.25, 0.3) is 11.1 Å². The molecule has 2 N–H and O–H groups in total. The van der Waals surface area contributed by atoms with Crippen molar-refractivity contribution in [2.75, 3.05) is 18.4 Å². The van der Waals surface area contributed by atoms with Crippen molar-refractivity contribution in [1.29, 1.82) is 0 Å². The molecule has 3 aromatic rings. The van der Waals surface area contributed by atoms with Crippen molar-refractivity contribution in [2.45, 2.75) is 19.4 Å². The smallest absolute Gasteiger partial charge is 0.255 e. The average Bonchev–Trinajstić information content (AvgIpc) is 2.73. The zero-order valence-electron chi connectivity index (χ0n) is 17.2. The van der Waals surface area contributed by atoms with E-state index in [2.05, 4.69) is 10.6 Å². The number of amides is 1. The number of ketones is 1. The van der Waals surface area contributed by atoms with E-state index in [1.807, 2.05) is 54.6 Å². The van der Waals surface area contributed by atoms with Gasteiger partial charge < -0.3 is 15.4 Å². The maximum absolute atomic E-state index is 12.9. The van der Waals surface area contributed by atoms with E-state index in [-0.39, 0.29) is 24.2 Å². The number of hydrogen-bond acceptors (Lipinski definition) is 4. The third-order valence-corrected chi connectivity index (χ3v) is 5.44. The second kappa shape index (κ2) is 9.33. The van der Waals surface area contributed by atoms with E-state index in [1.54, 1.807) is 12.1 Å². The van der Waals surface area contributed by atoms with Crippen molar-refractivity contribution in [3.63, 3.8) is 0 Å². The van der Waals surface area contributed by atoms with Crippen LogP contribution in [0.3, 0.4) is 0 Å². The summed E-state index contributed by atoms with van der Waals surface area (Å²) in [7, 11) is 0. The van der Waals surface area contributed by atoms with Gasteiger partial charge in [-0.15, -0.1) is 0 Å². The lowest BCUT2D eigenvalue weighted by atomic mass is 10.0. The molecule has 1 fully saturated rings. The van der Waals surface area contributed by atoms with Crippen molar-refractivity contribution in [3.05, 3.63) is 82.9 Å². The van der Waals surface area contributed by atoms with E-state index in [1.165, 1.54) is 6.92 Å². The van der Waals surface area contributed by atoms with E-state index in [9.17, 15) is 9.59 Å². The summed E-state index contributed by atoms with van der Waals surface area (Å²) in [6, 6.07) is 20.3. The van der Waals surface area contributed by atoms with Crippen LogP contribution in [0.2, 0.25) is 5.02 Å². The number of carbonyl (C=O) groups is 2. The molecule has 3 aromatic carbocycles. The molecule has 158 valence electrons. The Hall–Kier alpha value is -3.15. The number of halogens is 1. The lowest BCUT2D eigenvalue weighted by Crippen LogP contribution is -2.50. The maximum Gasteiger partial charge on any atom is 0.255 e. The summed E-state index contributed by atoms with van der Waals surface area (Å²) in [5, 5.41) is 6.66. The molecule has 1 heterocycles. The highest BCUT2D eigenvalue weighted by Crippen LogP contribution is 2.32. The molecule has 6 heteroatoms. The number of para-hydroxylation sites is 1. The molecule has 1 aliphatic heterocycles. The Morgan fingerprint density at radius 1 is 1.03 bits per heavy atom. The van der Waals surface area contributed by atoms with Gasteiger partial charge in [-0.05, 0) is 53.9 Å². The molecule has 0 atom stereocenters. The minimum Gasteiger partial charge on any atom is -0.486 e. The number of hydrogen-bond donors (Lipinski definition) is 2. The van der Waals surface area contributed by atoms with Gasteiger partial charge in [0.1, 0.15) is 17.6 Å². The summed E-state index contributed by atoms with van der Waals surface area (Å²) < 4.78 is 5.94. The second-order valence-electron chi connectivity index (χ2n) is 7.61. The number of Topliss-reactive ketones (excluding diaryl/α,β-unsaturated/α-hetero) is 1. The van der Waals surface area contributed by atoms with Crippen LogP contribution < -0.4 is 15.4 Å². The fourth-order valence-corrected chi connectivity index (χ4v) is 3.56. The number of carbonyl (C=O) groups excluding carboxylic acids is 2. The molecule has 0 saturated carbocycles. The summed E-state index contributed by atoms with van der Waals surface area (Å²) in [6.45, 7) is 3.15. The van der Waals surface area contributed by atoms with Crippen LogP contribution in [0.1, 0.15) is 22.8 Å². The summed E-state index contributed by atoms with van der Waals surface area (Å²) in [4.78, 5) is 24.4. The van der Waals surface area contributed by atoms with Gasteiger partial charge in [-0.1, -0.05) is 48.0 Å². The fourth-order valence-electron chi connectivity index (χ4n) is 3.40. The Balaban J connectivity index is 1.55. The SMILES string of the molecule is CC(=O)Cc1ccccc1NC(=O)c1cccc(-c2ccc(Cl)c(OC3CNC3)c2)c1.